The Morgan fingerprint density at radius 1 is 1.53 bits per heavy atom. The van der Waals surface area contributed by atoms with E-state index in [4.69, 9.17) is 11.6 Å². The van der Waals surface area contributed by atoms with Gasteiger partial charge in [-0.05, 0) is 20.8 Å². The molecule has 1 aliphatic heterocycles. The number of aryl methyl sites for hydroxylation is 2. The van der Waals surface area contributed by atoms with Crippen LogP contribution in [0.15, 0.2) is 0 Å². The molecule has 1 aliphatic rings. The number of nitrogens with one attached hydrogen (secondary N) is 1. The van der Waals surface area contributed by atoms with E-state index in [-0.39, 0.29) is 0 Å². The molecule has 0 bridgehead atoms. The predicted molar refractivity (Wildman–Crippen MR) is 70.4 cm³/mol. The van der Waals surface area contributed by atoms with Gasteiger partial charge in [-0.3, -0.25) is 9.58 Å². The fraction of sp³-hybridized carbons (Fsp3) is 0.750. The van der Waals surface area contributed by atoms with Gasteiger partial charge in [0.25, 0.3) is 0 Å². The summed E-state index contributed by atoms with van der Waals surface area (Å²) in [6.07, 6.45) is 0. The van der Waals surface area contributed by atoms with Crippen LogP contribution in [0.25, 0.3) is 0 Å². The zero-order valence-corrected chi connectivity index (χ0v) is 11.6. The number of rotatable bonds is 3. The van der Waals surface area contributed by atoms with Gasteiger partial charge in [-0.2, -0.15) is 5.10 Å². The van der Waals surface area contributed by atoms with E-state index in [1.807, 2.05) is 11.6 Å². The molecule has 1 fully saturated rings. The first-order valence-corrected chi connectivity index (χ1v) is 6.67. The second-order valence-corrected chi connectivity index (χ2v) is 5.13. The Hall–Kier alpha value is -0.580. The second-order valence-electron chi connectivity index (χ2n) is 4.75. The number of aromatic nitrogens is 2. The summed E-state index contributed by atoms with van der Waals surface area (Å²) in [4.78, 5) is 2.44. The van der Waals surface area contributed by atoms with Gasteiger partial charge in [0, 0.05) is 38.8 Å². The monoisotopic (exact) mass is 256 g/mol. The third kappa shape index (κ3) is 2.81. The highest BCUT2D eigenvalue weighted by Crippen LogP contribution is 2.22. The van der Waals surface area contributed by atoms with E-state index in [0.717, 1.165) is 49.1 Å². The van der Waals surface area contributed by atoms with Gasteiger partial charge < -0.3 is 5.32 Å². The zero-order chi connectivity index (χ0) is 12.4. The van der Waals surface area contributed by atoms with Crippen molar-refractivity contribution in [1.29, 1.82) is 0 Å². The Morgan fingerprint density at radius 3 is 2.94 bits per heavy atom. The van der Waals surface area contributed by atoms with Crippen molar-refractivity contribution in [3.05, 3.63) is 16.4 Å². The molecule has 1 atom stereocenters. The van der Waals surface area contributed by atoms with Crippen LogP contribution in [0.2, 0.25) is 5.02 Å². The lowest BCUT2D eigenvalue weighted by Crippen LogP contribution is -2.48. The molecule has 1 N–H and O–H groups in total. The fourth-order valence-electron chi connectivity index (χ4n) is 2.39. The van der Waals surface area contributed by atoms with Gasteiger partial charge in [0.1, 0.15) is 0 Å². The van der Waals surface area contributed by atoms with Gasteiger partial charge in [0.15, 0.2) is 0 Å². The highest BCUT2D eigenvalue weighted by Gasteiger charge is 2.20. The van der Waals surface area contributed by atoms with E-state index < -0.39 is 0 Å². The van der Waals surface area contributed by atoms with Crippen molar-refractivity contribution in [3.63, 3.8) is 0 Å². The molecule has 4 nitrogen and oxygen atoms in total. The van der Waals surface area contributed by atoms with Crippen LogP contribution in [0.5, 0.6) is 0 Å². The Labute approximate surface area is 108 Å². The minimum absolute atomic E-state index is 0.557. The van der Waals surface area contributed by atoms with Crippen LogP contribution in [0.4, 0.5) is 0 Å². The molecule has 96 valence electrons. The largest absolute Gasteiger partial charge is 0.312 e. The minimum atomic E-state index is 0.557. The highest BCUT2D eigenvalue weighted by atomic mass is 35.5. The quantitative estimate of drug-likeness (QED) is 0.893. The number of piperazine rings is 1. The molecule has 0 spiro atoms. The molecule has 0 aromatic carbocycles. The Balaban J connectivity index is 2.12. The summed E-state index contributed by atoms with van der Waals surface area (Å²) in [7, 11) is 0. The van der Waals surface area contributed by atoms with Gasteiger partial charge in [-0.15, -0.1) is 0 Å². The molecule has 0 unspecified atom stereocenters. The van der Waals surface area contributed by atoms with Gasteiger partial charge in [-0.1, -0.05) is 11.6 Å². The van der Waals surface area contributed by atoms with Crippen molar-refractivity contribution in [3.8, 4) is 0 Å². The Kier molecular flexibility index (Phi) is 4.07. The molecule has 2 heterocycles. The summed E-state index contributed by atoms with van der Waals surface area (Å²) in [6, 6.07) is 0.557. The molecule has 5 heteroatoms. The molecule has 1 saturated heterocycles. The van der Waals surface area contributed by atoms with Crippen LogP contribution in [0, 0.1) is 6.92 Å². The topological polar surface area (TPSA) is 33.1 Å². The molecular formula is C12H21ClN4. The van der Waals surface area contributed by atoms with Crippen LogP contribution in [-0.2, 0) is 13.1 Å². The summed E-state index contributed by atoms with van der Waals surface area (Å²) in [5, 5.41) is 8.74. The maximum Gasteiger partial charge on any atom is 0.0860 e. The average molecular weight is 257 g/mol. The van der Waals surface area contributed by atoms with Gasteiger partial charge in [-0.25, -0.2) is 0 Å². The van der Waals surface area contributed by atoms with Crippen molar-refractivity contribution < 1.29 is 0 Å². The van der Waals surface area contributed by atoms with E-state index in [2.05, 4.69) is 29.2 Å². The van der Waals surface area contributed by atoms with Gasteiger partial charge in [0.05, 0.1) is 16.4 Å². The number of hydrogen-bond acceptors (Lipinski definition) is 3. The minimum Gasteiger partial charge on any atom is -0.312 e. The van der Waals surface area contributed by atoms with E-state index in [0.29, 0.717) is 6.04 Å². The summed E-state index contributed by atoms with van der Waals surface area (Å²) < 4.78 is 2.02. The van der Waals surface area contributed by atoms with E-state index in [9.17, 15) is 0 Å². The van der Waals surface area contributed by atoms with Crippen molar-refractivity contribution in [2.75, 3.05) is 19.6 Å². The van der Waals surface area contributed by atoms with E-state index >= 15 is 0 Å². The van der Waals surface area contributed by atoms with Crippen molar-refractivity contribution in [1.82, 2.24) is 20.0 Å². The first-order valence-electron chi connectivity index (χ1n) is 6.29. The molecule has 0 radical (unpaired) electrons. The lowest BCUT2D eigenvalue weighted by Gasteiger charge is -2.31. The van der Waals surface area contributed by atoms with Crippen LogP contribution in [0.1, 0.15) is 25.2 Å². The number of nitrogens with zero attached hydrogens (tertiary/aromatic N) is 3. The Bertz CT molecular complexity index is 388. The molecular weight excluding hydrogens is 236 g/mol. The predicted octanol–water partition coefficient (Wildman–Crippen LogP) is 1.66. The van der Waals surface area contributed by atoms with E-state index in [1.54, 1.807) is 0 Å². The summed E-state index contributed by atoms with van der Waals surface area (Å²) in [6.45, 7) is 11.3. The first kappa shape index (κ1) is 12.9. The standard InChI is InChI=1S/C12H21ClN4/c1-4-17-11(12(13)10(3)15-17)8-16-6-5-14-9(2)7-16/h9,14H,4-8H2,1-3H3/t9-/m0/s1. The zero-order valence-electron chi connectivity index (χ0n) is 10.8. The maximum absolute atomic E-state index is 6.32. The van der Waals surface area contributed by atoms with Crippen LogP contribution >= 0.6 is 11.6 Å². The van der Waals surface area contributed by atoms with Crippen LogP contribution < -0.4 is 5.32 Å². The van der Waals surface area contributed by atoms with Crippen LogP contribution in [0.3, 0.4) is 0 Å². The fourth-order valence-corrected chi connectivity index (χ4v) is 2.58. The van der Waals surface area contributed by atoms with E-state index in [1.165, 1.54) is 0 Å². The third-order valence-electron chi connectivity index (χ3n) is 3.28. The number of halogens is 1. The third-order valence-corrected chi connectivity index (χ3v) is 3.77. The second kappa shape index (κ2) is 5.38. The molecule has 0 aliphatic carbocycles. The highest BCUT2D eigenvalue weighted by molar-refractivity contribution is 6.31. The smallest absolute Gasteiger partial charge is 0.0860 e. The van der Waals surface area contributed by atoms with Crippen molar-refractivity contribution in [2.45, 2.75) is 39.9 Å². The SMILES string of the molecule is CCn1nc(C)c(Cl)c1CN1CCN[C@@H](C)C1. The van der Waals surface area contributed by atoms with Crippen molar-refractivity contribution in [2.24, 2.45) is 0 Å². The van der Waals surface area contributed by atoms with Crippen LogP contribution in [-0.4, -0.2) is 40.4 Å². The lowest BCUT2D eigenvalue weighted by atomic mass is 10.2. The molecule has 2 rings (SSSR count). The molecule has 0 saturated carbocycles. The average Bonchev–Trinajstić information content (AvgIpc) is 2.57. The molecule has 1 aromatic rings. The maximum atomic E-state index is 6.32. The normalized spacial score (nSPS) is 22.0. The first-order chi connectivity index (χ1) is 8.11. The number of hydrogen-bond donors (Lipinski definition) is 1. The van der Waals surface area contributed by atoms with Crippen molar-refractivity contribution >= 4 is 11.6 Å². The molecule has 1 aromatic heterocycles. The summed E-state index contributed by atoms with van der Waals surface area (Å²) in [5.41, 5.74) is 2.09. The van der Waals surface area contributed by atoms with Gasteiger partial charge >= 0.3 is 0 Å². The van der Waals surface area contributed by atoms with Gasteiger partial charge in [0.2, 0.25) is 0 Å². The lowest BCUT2D eigenvalue weighted by molar-refractivity contribution is 0.195. The molecule has 17 heavy (non-hydrogen) atoms. The molecule has 0 amide bonds. The summed E-state index contributed by atoms with van der Waals surface area (Å²) >= 11 is 6.32. The summed E-state index contributed by atoms with van der Waals surface area (Å²) in [5.74, 6) is 0. The Morgan fingerprint density at radius 2 is 2.29 bits per heavy atom.